The maximum atomic E-state index is 5.56. The van der Waals surface area contributed by atoms with Crippen molar-refractivity contribution in [3.63, 3.8) is 0 Å². The minimum absolute atomic E-state index is 0.101. The zero-order valence-electron chi connectivity index (χ0n) is 29.0. The first-order chi connectivity index (χ1) is 15.2. The van der Waals surface area contributed by atoms with Crippen molar-refractivity contribution in [2.24, 2.45) is 0 Å². The van der Waals surface area contributed by atoms with Gasteiger partial charge in [-0.25, -0.2) is 0 Å². The van der Waals surface area contributed by atoms with E-state index in [-0.39, 0.29) is 84.6 Å². The summed E-state index contributed by atoms with van der Waals surface area (Å²) in [5, 5.41) is 0. The molecule has 0 fully saturated rings. The molecule has 0 nitrogen and oxygen atoms in total. The molecular weight excluding hydrogens is 883 g/mol. The van der Waals surface area contributed by atoms with Crippen LogP contribution in [0.25, 0.3) is 0 Å². The van der Waals surface area contributed by atoms with Crippen LogP contribution in [0.5, 0.6) is 0 Å². The van der Waals surface area contributed by atoms with Crippen LogP contribution in [0.3, 0.4) is 0 Å². The van der Waals surface area contributed by atoms with Crippen molar-refractivity contribution in [3.05, 3.63) is 0 Å². The fourth-order valence-electron chi connectivity index (χ4n) is 3.91. The number of alkyl halides is 1. The quantitative estimate of drug-likeness (QED) is 0.150. The number of halogens is 1. The molecule has 0 aliphatic rings. The second-order valence-corrected chi connectivity index (χ2v) is 52.0. The average molecular weight is 952 g/mol. The molecule has 0 N–H and O–H groups in total. The van der Waals surface area contributed by atoms with Gasteiger partial charge in [0.2, 0.25) is 0 Å². The molecule has 0 aliphatic heterocycles. The van der Waals surface area contributed by atoms with E-state index in [1.165, 1.54) is 10.9 Å². The van der Waals surface area contributed by atoms with E-state index in [1.54, 1.807) is 0 Å². The Bertz CT molecular complexity index is 410. The van der Waals surface area contributed by atoms with Crippen LogP contribution in [0.1, 0.15) is 152 Å². The van der Waals surface area contributed by atoms with Gasteiger partial charge in [-0.05, 0) is 0 Å². The second-order valence-electron chi connectivity index (χ2n) is 17.1. The van der Waals surface area contributed by atoms with Crippen LogP contribution < -0.4 is 0 Å². The van der Waals surface area contributed by atoms with Crippen molar-refractivity contribution in [1.82, 2.24) is 0 Å². The van der Waals surface area contributed by atoms with Crippen LogP contribution >= 0.6 is 11.6 Å². The van der Waals surface area contributed by atoms with E-state index in [0.29, 0.717) is 24.0 Å². The molecule has 0 aromatic rings. The molecule has 0 unspecified atom stereocenters. The van der Waals surface area contributed by atoms with Crippen molar-refractivity contribution >= 4 is 96.2 Å². The van der Waals surface area contributed by atoms with Gasteiger partial charge in [-0.3, -0.25) is 0 Å². The van der Waals surface area contributed by atoms with Crippen molar-refractivity contribution in [2.45, 2.75) is 180 Å². The summed E-state index contributed by atoms with van der Waals surface area (Å²) in [5.41, 5.74) is 0. The molecule has 0 amide bonds. The van der Waals surface area contributed by atoms with E-state index in [1.807, 2.05) is 0 Å². The summed E-state index contributed by atoms with van der Waals surface area (Å²) in [6, 6.07) is 0. The molecule has 0 heterocycles. The molecule has 0 atom stereocenters. The van der Waals surface area contributed by atoms with Gasteiger partial charge in [-0.15, -0.1) is 0 Å². The molecule has 216 valence electrons. The Morgan fingerprint density at radius 1 is 0.361 bits per heavy atom. The first-order valence-electron chi connectivity index (χ1n) is 13.9. The fraction of sp³-hybridized carbons (Fsp3) is 1.00. The van der Waals surface area contributed by atoms with Crippen LogP contribution in [0.4, 0.5) is 0 Å². The van der Waals surface area contributed by atoms with Gasteiger partial charge >= 0.3 is 282 Å². The van der Waals surface area contributed by atoms with Gasteiger partial charge < -0.3 is 0 Å². The van der Waals surface area contributed by atoms with Gasteiger partial charge in [0.05, 0.1) is 0 Å². The van der Waals surface area contributed by atoms with Crippen LogP contribution in [-0.4, -0.2) is 90.4 Å². The molecule has 0 saturated heterocycles. The topological polar surface area (TPSA) is 0 Å². The predicted octanol–water partition coefficient (Wildman–Crippen LogP) is 12.3. The van der Waals surface area contributed by atoms with Crippen molar-refractivity contribution in [2.75, 3.05) is 5.88 Å². The molecule has 0 saturated carbocycles. The van der Waals surface area contributed by atoms with Crippen LogP contribution in [-0.2, 0) is 0 Å². The van der Waals surface area contributed by atoms with Crippen molar-refractivity contribution in [1.29, 1.82) is 0 Å². The zero-order chi connectivity index (χ0) is 30.4. The molecule has 0 aromatic carbocycles. The van der Waals surface area contributed by atoms with E-state index < -0.39 is 0 Å². The van der Waals surface area contributed by atoms with E-state index in [0.717, 1.165) is 5.88 Å². The summed E-state index contributed by atoms with van der Waals surface area (Å²) in [6.45, 7) is 49.6. The molecule has 0 aromatic heterocycles. The summed E-state index contributed by atoms with van der Waals surface area (Å²) in [4.78, 5) is 0. The molecule has 0 bridgehead atoms. The Morgan fingerprint density at radius 3 is 0.639 bits per heavy atom. The van der Waals surface area contributed by atoms with Crippen LogP contribution in [0.2, 0.25) is 28.5 Å². The second kappa shape index (κ2) is 19.6. The number of rotatable bonds is 3. The Morgan fingerprint density at radius 2 is 0.556 bits per heavy atom. The Balaban J connectivity index is -0.000000190. The molecule has 0 rings (SSSR count). The Labute approximate surface area is 278 Å². The monoisotopic (exact) mass is 956 g/mol. The van der Waals surface area contributed by atoms with Gasteiger partial charge in [0.15, 0.2) is 0 Å². The maximum absolute atomic E-state index is 5.56. The Kier molecular flexibility index (Phi) is 25.3. The van der Waals surface area contributed by atoms with E-state index in [4.69, 9.17) is 11.6 Å². The van der Waals surface area contributed by atoms with Crippen molar-refractivity contribution < 1.29 is 0 Å². The molecular formula is C31H69ClSn4. The van der Waals surface area contributed by atoms with Gasteiger partial charge in [-0.2, -0.15) is 0 Å². The molecule has 0 spiro atoms. The number of hydrogen-bond donors (Lipinski definition) is 0. The molecule has 5 heteroatoms. The normalized spacial score (nSPS) is 13.5. The van der Waals surface area contributed by atoms with Crippen molar-refractivity contribution in [3.8, 4) is 0 Å². The third-order valence-corrected chi connectivity index (χ3v) is 21.1. The minimum atomic E-state index is -0.182. The third kappa shape index (κ3) is 66.1. The predicted molar refractivity (Wildman–Crippen MR) is 181 cm³/mol. The summed E-state index contributed by atoms with van der Waals surface area (Å²) < 4.78 is 6.03. The Hall–Kier alpha value is 3.48. The third-order valence-electron chi connectivity index (χ3n) is 3.22. The van der Waals surface area contributed by atoms with Gasteiger partial charge in [0.25, 0.3) is 0 Å². The summed E-state index contributed by atoms with van der Waals surface area (Å²) in [5.74, 6) is 0.858. The molecule has 36 heavy (non-hydrogen) atoms. The fourth-order valence-corrected chi connectivity index (χ4v) is 27.1. The standard InChI is InChI=1S/7C4H9.C3H6Cl.4Sn/c7*1-4(2)3;1-2-3-4;;;;/h7*1-3H3;1-3H2;;;;. The first-order valence-corrected chi connectivity index (χ1v) is 26.4. The van der Waals surface area contributed by atoms with E-state index >= 15 is 0 Å². The SMILES string of the molecule is C[C](C)(C)[Sn][CH2]CCCl.C[C](C)(C)[Sn][C](C)(C)C.C[C](C)(C)[Sn][C](C)(C)C.C[C](C)(C)[Sn][C](C)(C)C. The van der Waals surface area contributed by atoms with E-state index in [2.05, 4.69) is 145 Å². The molecule has 8 radical (unpaired) electrons. The van der Waals surface area contributed by atoms with E-state index in [9.17, 15) is 0 Å². The van der Waals surface area contributed by atoms with Crippen LogP contribution in [0.15, 0.2) is 0 Å². The van der Waals surface area contributed by atoms with Crippen LogP contribution in [0, 0.1) is 0 Å². The summed E-state index contributed by atoms with van der Waals surface area (Å²) in [7, 11) is 0. The average Bonchev–Trinajstić information content (AvgIpc) is 2.35. The van der Waals surface area contributed by atoms with Gasteiger partial charge in [0.1, 0.15) is 0 Å². The first kappa shape index (κ1) is 46.4. The number of hydrogen-bond acceptors (Lipinski definition) is 0. The summed E-state index contributed by atoms with van der Waals surface area (Å²) >= 11 is 4.91. The van der Waals surface area contributed by atoms with Gasteiger partial charge in [0, 0.05) is 0 Å². The molecule has 0 aliphatic carbocycles. The summed E-state index contributed by atoms with van der Waals surface area (Å²) in [6.07, 6.45) is 1.24. The zero-order valence-corrected chi connectivity index (χ0v) is 41.2. The van der Waals surface area contributed by atoms with Gasteiger partial charge in [-0.1, -0.05) is 0 Å².